The number of carbonyl (C=O) groups is 1. The second-order valence-corrected chi connectivity index (χ2v) is 3.26. The Hall–Kier alpha value is -0.940. The summed E-state index contributed by atoms with van der Waals surface area (Å²) in [6.07, 6.45) is 0.644. The van der Waals surface area contributed by atoms with Crippen LogP contribution in [0.2, 0.25) is 0 Å². The van der Waals surface area contributed by atoms with Crippen LogP contribution in [0.4, 0.5) is 5.13 Å². The Kier molecular flexibility index (Phi) is 2.78. The van der Waals surface area contributed by atoms with Crippen molar-refractivity contribution in [2.24, 2.45) is 0 Å². The van der Waals surface area contributed by atoms with Crippen molar-refractivity contribution in [1.82, 2.24) is 4.98 Å². The highest BCUT2D eigenvalue weighted by atomic mass is 32.1. The lowest BCUT2D eigenvalue weighted by Gasteiger charge is -2.14. The topological polar surface area (TPSA) is 53.4 Å². The van der Waals surface area contributed by atoms with Crippen LogP contribution in [-0.4, -0.2) is 29.1 Å². The van der Waals surface area contributed by atoms with Crippen LogP contribution in [0, 0.1) is 0 Å². The average molecular weight is 186 g/mol. The fourth-order valence-corrected chi connectivity index (χ4v) is 1.37. The van der Waals surface area contributed by atoms with Gasteiger partial charge in [0.1, 0.15) is 6.10 Å². The van der Waals surface area contributed by atoms with Gasteiger partial charge in [-0.3, -0.25) is 9.69 Å². The molecule has 0 aliphatic heterocycles. The monoisotopic (exact) mass is 186 g/mol. The Morgan fingerprint density at radius 1 is 1.83 bits per heavy atom. The lowest BCUT2D eigenvalue weighted by Crippen LogP contribution is -2.34. The molecule has 0 fully saturated rings. The number of aliphatic hydroxyl groups is 1. The molecule has 0 saturated heterocycles. The van der Waals surface area contributed by atoms with Gasteiger partial charge in [-0.25, -0.2) is 4.98 Å². The number of carbonyl (C=O) groups excluding carboxylic acids is 1. The number of aliphatic hydroxyl groups excluding tert-OH is 1. The van der Waals surface area contributed by atoms with Crippen molar-refractivity contribution in [3.63, 3.8) is 0 Å². The molecule has 0 aromatic carbocycles. The molecule has 0 aliphatic carbocycles. The van der Waals surface area contributed by atoms with Crippen molar-refractivity contribution in [1.29, 1.82) is 0 Å². The number of aromatic nitrogens is 1. The fourth-order valence-electron chi connectivity index (χ4n) is 0.756. The number of rotatable bonds is 2. The van der Waals surface area contributed by atoms with Gasteiger partial charge in [0, 0.05) is 18.6 Å². The maximum atomic E-state index is 11.2. The molecule has 1 aromatic rings. The molecule has 66 valence electrons. The smallest absolute Gasteiger partial charge is 0.257 e. The van der Waals surface area contributed by atoms with Gasteiger partial charge in [0.05, 0.1) is 0 Å². The van der Waals surface area contributed by atoms with Crippen LogP contribution < -0.4 is 4.90 Å². The Balaban J connectivity index is 2.72. The molecule has 0 spiro atoms. The summed E-state index contributed by atoms with van der Waals surface area (Å²) in [4.78, 5) is 16.5. The number of amides is 1. The number of thiazole rings is 1. The molecule has 0 saturated carbocycles. The van der Waals surface area contributed by atoms with Crippen LogP contribution in [0.5, 0.6) is 0 Å². The van der Waals surface area contributed by atoms with Crippen molar-refractivity contribution in [2.45, 2.75) is 13.0 Å². The molecule has 1 atom stereocenters. The van der Waals surface area contributed by atoms with E-state index in [2.05, 4.69) is 4.98 Å². The molecular formula is C7H10N2O2S. The summed E-state index contributed by atoms with van der Waals surface area (Å²) in [6, 6.07) is 0. The van der Waals surface area contributed by atoms with E-state index in [-0.39, 0.29) is 5.91 Å². The largest absolute Gasteiger partial charge is 0.384 e. The predicted octanol–water partition coefficient (Wildman–Crippen LogP) is 0.487. The fraction of sp³-hybridized carbons (Fsp3) is 0.429. The van der Waals surface area contributed by atoms with Crippen molar-refractivity contribution >= 4 is 22.4 Å². The minimum Gasteiger partial charge on any atom is -0.384 e. The quantitative estimate of drug-likeness (QED) is 0.731. The first-order valence-electron chi connectivity index (χ1n) is 3.48. The third kappa shape index (κ3) is 1.80. The van der Waals surface area contributed by atoms with E-state index in [1.807, 2.05) is 0 Å². The SMILES string of the molecule is CC(O)C(=O)N(C)c1nccs1. The predicted molar refractivity (Wildman–Crippen MR) is 47.2 cm³/mol. The average Bonchev–Trinajstić information content (AvgIpc) is 2.53. The van der Waals surface area contributed by atoms with E-state index in [0.29, 0.717) is 5.13 Å². The molecule has 1 aromatic heterocycles. The van der Waals surface area contributed by atoms with E-state index in [1.54, 1.807) is 18.6 Å². The Labute approximate surface area is 74.5 Å². The minimum absolute atomic E-state index is 0.343. The van der Waals surface area contributed by atoms with Crippen molar-refractivity contribution in [3.8, 4) is 0 Å². The van der Waals surface area contributed by atoms with Gasteiger partial charge in [0.2, 0.25) is 0 Å². The lowest BCUT2D eigenvalue weighted by atomic mass is 10.4. The van der Waals surface area contributed by atoms with Crippen LogP contribution in [0.3, 0.4) is 0 Å². The summed E-state index contributed by atoms with van der Waals surface area (Å²) < 4.78 is 0. The van der Waals surface area contributed by atoms with Gasteiger partial charge in [0.15, 0.2) is 5.13 Å². The van der Waals surface area contributed by atoms with Gasteiger partial charge < -0.3 is 5.11 Å². The Bertz CT molecular complexity index is 258. The van der Waals surface area contributed by atoms with Crippen LogP contribution in [0.15, 0.2) is 11.6 Å². The summed E-state index contributed by atoms with van der Waals surface area (Å²) in [5.74, 6) is -0.343. The molecule has 1 heterocycles. The normalized spacial score (nSPS) is 12.6. The number of likely N-dealkylation sites (N-methyl/N-ethyl adjacent to an activating group) is 1. The first-order chi connectivity index (χ1) is 5.63. The molecule has 5 heteroatoms. The van der Waals surface area contributed by atoms with Crippen LogP contribution >= 0.6 is 11.3 Å². The standard InChI is InChI=1S/C7H10N2O2S/c1-5(10)6(11)9(2)7-8-3-4-12-7/h3-5,10H,1-2H3. The summed E-state index contributed by atoms with van der Waals surface area (Å²) in [5.41, 5.74) is 0. The van der Waals surface area contributed by atoms with E-state index >= 15 is 0 Å². The van der Waals surface area contributed by atoms with Gasteiger partial charge in [0.25, 0.3) is 5.91 Å². The number of hydrogen-bond donors (Lipinski definition) is 1. The number of anilines is 1. The highest BCUT2D eigenvalue weighted by Crippen LogP contribution is 2.15. The highest BCUT2D eigenvalue weighted by molar-refractivity contribution is 7.13. The zero-order chi connectivity index (χ0) is 9.14. The summed E-state index contributed by atoms with van der Waals surface area (Å²) in [5, 5.41) is 11.4. The molecule has 1 N–H and O–H groups in total. The minimum atomic E-state index is -0.973. The number of hydrogen-bond acceptors (Lipinski definition) is 4. The van der Waals surface area contributed by atoms with E-state index in [0.717, 1.165) is 0 Å². The van der Waals surface area contributed by atoms with Crippen LogP contribution in [0.1, 0.15) is 6.92 Å². The summed E-state index contributed by atoms with van der Waals surface area (Å²) in [7, 11) is 1.59. The molecular weight excluding hydrogens is 176 g/mol. The van der Waals surface area contributed by atoms with Crippen molar-refractivity contribution in [2.75, 3.05) is 11.9 Å². The number of nitrogens with zero attached hydrogens (tertiary/aromatic N) is 2. The van der Waals surface area contributed by atoms with Gasteiger partial charge in [-0.1, -0.05) is 0 Å². The molecule has 12 heavy (non-hydrogen) atoms. The summed E-state index contributed by atoms with van der Waals surface area (Å²) in [6.45, 7) is 1.44. The van der Waals surface area contributed by atoms with Crippen LogP contribution in [-0.2, 0) is 4.79 Å². The second kappa shape index (κ2) is 3.64. The third-order valence-electron chi connectivity index (χ3n) is 1.39. The molecule has 0 bridgehead atoms. The van der Waals surface area contributed by atoms with Crippen LogP contribution in [0.25, 0.3) is 0 Å². The second-order valence-electron chi connectivity index (χ2n) is 2.39. The van der Waals surface area contributed by atoms with Gasteiger partial charge in [-0.2, -0.15) is 0 Å². The molecule has 1 unspecified atom stereocenters. The van der Waals surface area contributed by atoms with Crippen molar-refractivity contribution < 1.29 is 9.90 Å². The lowest BCUT2D eigenvalue weighted by molar-refractivity contribution is -0.125. The molecule has 1 rings (SSSR count). The maximum Gasteiger partial charge on any atom is 0.257 e. The molecule has 0 aliphatic rings. The molecule has 1 amide bonds. The van der Waals surface area contributed by atoms with E-state index < -0.39 is 6.10 Å². The first-order valence-corrected chi connectivity index (χ1v) is 4.36. The van der Waals surface area contributed by atoms with Gasteiger partial charge in [-0.05, 0) is 6.92 Å². The Morgan fingerprint density at radius 3 is 2.92 bits per heavy atom. The first kappa shape index (κ1) is 9.15. The van der Waals surface area contributed by atoms with E-state index in [1.165, 1.54) is 23.2 Å². The zero-order valence-corrected chi connectivity index (χ0v) is 7.71. The third-order valence-corrected chi connectivity index (χ3v) is 2.24. The van der Waals surface area contributed by atoms with Gasteiger partial charge in [-0.15, -0.1) is 11.3 Å². The Morgan fingerprint density at radius 2 is 2.50 bits per heavy atom. The zero-order valence-electron chi connectivity index (χ0n) is 6.89. The molecule has 4 nitrogen and oxygen atoms in total. The van der Waals surface area contributed by atoms with E-state index in [9.17, 15) is 4.79 Å². The van der Waals surface area contributed by atoms with Gasteiger partial charge >= 0.3 is 0 Å². The van der Waals surface area contributed by atoms with Crippen molar-refractivity contribution in [3.05, 3.63) is 11.6 Å². The summed E-state index contributed by atoms with van der Waals surface area (Å²) >= 11 is 1.36. The maximum absolute atomic E-state index is 11.2. The van der Waals surface area contributed by atoms with E-state index in [4.69, 9.17) is 5.11 Å². The highest BCUT2D eigenvalue weighted by Gasteiger charge is 2.17. The molecule has 0 radical (unpaired) electrons.